The van der Waals surface area contributed by atoms with Crippen molar-refractivity contribution in [1.82, 2.24) is 0 Å². The summed E-state index contributed by atoms with van der Waals surface area (Å²) in [7, 11) is 0. The summed E-state index contributed by atoms with van der Waals surface area (Å²) in [4.78, 5) is 2.68. The number of hydrogen-bond donors (Lipinski definition) is 0. The molecule has 1 nitrogen and oxygen atoms in total. The van der Waals surface area contributed by atoms with Gasteiger partial charge in [-0.3, -0.25) is 0 Å². The second-order valence-corrected chi connectivity index (χ2v) is 12.4. The van der Waals surface area contributed by atoms with Crippen molar-refractivity contribution >= 4 is 23.5 Å². The predicted molar refractivity (Wildman–Crippen MR) is 141 cm³/mol. The van der Waals surface area contributed by atoms with Crippen molar-refractivity contribution in [2.45, 2.75) is 114 Å². The van der Waals surface area contributed by atoms with Gasteiger partial charge in [-0.15, -0.1) is 0 Å². The third-order valence-electron chi connectivity index (χ3n) is 5.61. The molecule has 172 valence electrons. The monoisotopic (exact) mass is 458 g/mol. The summed E-state index contributed by atoms with van der Waals surface area (Å²) in [6, 6.07) is 13.9. The predicted octanol–water partition coefficient (Wildman–Crippen LogP) is 9.77. The van der Waals surface area contributed by atoms with Crippen LogP contribution in [0.15, 0.2) is 46.2 Å². The van der Waals surface area contributed by atoms with Crippen LogP contribution < -0.4 is 0 Å². The lowest BCUT2D eigenvalue weighted by Crippen LogP contribution is -2.12. The van der Waals surface area contributed by atoms with E-state index in [-0.39, 0.29) is 10.9 Å². The molecule has 31 heavy (non-hydrogen) atoms. The maximum Gasteiger partial charge on any atom is 0.106 e. The van der Waals surface area contributed by atoms with Crippen LogP contribution in [-0.4, -0.2) is 10.9 Å². The van der Waals surface area contributed by atoms with Crippen LogP contribution in [0.4, 0.5) is 0 Å². The molecule has 2 aromatic rings. The van der Waals surface area contributed by atoms with Gasteiger partial charge in [-0.05, 0) is 71.9 Å². The van der Waals surface area contributed by atoms with Crippen molar-refractivity contribution in [3.05, 3.63) is 58.7 Å². The van der Waals surface area contributed by atoms with E-state index in [1.807, 2.05) is 23.5 Å². The normalized spacial score (nSPS) is 14.1. The van der Waals surface area contributed by atoms with Crippen LogP contribution in [0.25, 0.3) is 0 Å². The quantitative estimate of drug-likeness (QED) is 0.259. The highest BCUT2D eigenvalue weighted by molar-refractivity contribution is 8.00. The number of hydrogen-bond acceptors (Lipinski definition) is 3. The van der Waals surface area contributed by atoms with Gasteiger partial charge in [0.05, 0.1) is 0 Å². The lowest BCUT2D eigenvalue weighted by Gasteiger charge is -2.23. The van der Waals surface area contributed by atoms with E-state index in [0.29, 0.717) is 23.7 Å². The van der Waals surface area contributed by atoms with Crippen LogP contribution in [0.2, 0.25) is 0 Å². The van der Waals surface area contributed by atoms with Crippen molar-refractivity contribution in [2.24, 2.45) is 0 Å². The van der Waals surface area contributed by atoms with Crippen molar-refractivity contribution in [1.29, 1.82) is 0 Å². The summed E-state index contributed by atoms with van der Waals surface area (Å²) in [6.45, 7) is 22.5. The van der Waals surface area contributed by atoms with Gasteiger partial charge in [0.15, 0.2) is 0 Å². The van der Waals surface area contributed by atoms with Gasteiger partial charge in [0.1, 0.15) is 10.9 Å². The summed E-state index contributed by atoms with van der Waals surface area (Å²) in [5.74, 6) is 2.12. The Kier molecular flexibility index (Phi) is 10.0. The average Bonchev–Trinajstić information content (AvgIpc) is 2.67. The Labute approximate surface area is 200 Å². The highest BCUT2D eigenvalue weighted by Crippen LogP contribution is 2.38. The molecule has 0 spiro atoms. The minimum Gasteiger partial charge on any atom is -0.354 e. The first-order valence-corrected chi connectivity index (χ1v) is 13.5. The molecular formula is C28H42OS2. The van der Waals surface area contributed by atoms with Crippen molar-refractivity contribution in [3.8, 4) is 0 Å². The molecule has 0 aliphatic rings. The lowest BCUT2D eigenvalue weighted by molar-refractivity contribution is 0.113. The molecular weight excluding hydrogens is 416 g/mol. The third kappa shape index (κ3) is 7.58. The van der Waals surface area contributed by atoms with E-state index in [9.17, 15) is 0 Å². The molecule has 0 amide bonds. The van der Waals surface area contributed by atoms with Crippen LogP contribution >= 0.6 is 23.5 Å². The molecule has 2 atom stereocenters. The minimum absolute atomic E-state index is 0.0994. The van der Waals surface area contributed by atoms with Gasteiger partial charge >= 0.3 is 0 Å². The van der Waals surface area contributed by atoms with E-state index in [1.165, 1.54) is 32.0 Å². The Hall–Kier alpha value is -0.900. The Bertz CT molecular complexity index is 769. The summed E-state index contributed by atoms with van der Waals surface area (Å²) in [5, 5.41) is 0. The van der Waals surface area contributed by atoms with Crippen LogP contribution in [0, 0.1) is 0 Å². The van der Waals surface area contributed by atoms with Crippen molar-refractivity contribution in [2.75, 3.05) is 0 Å². The fourth-order valence-corrected chi connectivity index (χ4v) is 6.04. The Morgan fingerprint density at radius 1 is 0.516 bits per heavy atom. The lowest BCUT2D eigenvalue weighted by atomic mass is 9.96. The molecule has 0 aromatic heterocycles. The van der Waals surface area contributed by atoms with Gasteiger partial charge in [0.25, 0.3) is 0 Å². The summed E-state index contributed by atoms with van der Waals surface area (Å²) >= 11 is 3.68. The molecule has 3 heteroatoms. The molecule has 2 rings (SSSR count). The molecule has 0 fully saturated rings. The Morgan fingerprint density at radius 3 is 1.16 bits per heavy atom. The molecule has 0 aliphatic carbocycles. The number of ether oxygens (including phenoxy) is 1. The first kappa shape index (κ1) is 26.4. The average molecular weight is 459 g/mol. The van der Waals surface area contributed by atoms with Crippen molar-refractivity contribution in [3.63, 3.8) is 0 Å². The van der Waals surface area contributed by atoms with Gasteiger partial charge in [0.2, 0.25) is 0 Å². The zero-order valence-corrected chi connectivity index (χ0v) is 22.8. The SMILES string of the molecule is CC(OC(C)Sc1ccc(C(C)C)cc1C(C)C)Sc1ccc(C(C)C)cc1C(C)C. The molecule has 0 saturated carbocycles. The third-order valence-corrected chi connectivity index (χ3v) is 7.75. The van der Waals surface area contributed by atoms with E-state index >= 15 is 0 Å². The number of rotatable bonds is 10. The van der Waals surface area contributed by atoms with Crippen molar-refractivity contribution < 1.29 is 4.74 Å². The van der Waals surface area contributed by atoms with Crippen LogP contribution in [0.1, 0.15) is 115 Å². The van der Waals surface area contributed by atoms with E-state index in [4.69, 9.17) is 4.74 Å². The first-order chi connectivity index (χ1) is 14.5. The van der Waals surface area contributed by atoms with E-state index in [0.717, 1.165) is 0 Å². The molecule has 0 heterocycles. The van der Waals surface area contributed by atoms with Gasteiger partial charge in [0, 0.05) is 9.79 Å². The smallest absolute Gasteiger partial charge is 0.106 e. The van der Waals surface area contributed by atoms with Gasteiger partial charge in [-0.1, -0.05) is 103 Å². The van der Waals surface area contributed by atoms with Crippen LogP contribution in [0.5, 0.6) is 0 Å². The molecule has 0 N–H and O–H groups in total. The van der Waals surface area contributed by atoms with E-state index in [1.54, 1.807) is 0 Å². The van der Waals surface area contributed by atoms with Crippen LogP contribution in [0.3, 0.4) is 0 Å². The Morgan fingerprint density at radius 2 is 0.871 bits per heavy atom. The molecule has 0 radical (unpaired) electrons. The Balaban J connectivity index is 2.09. The first-order valence-electron chi connectivity index (χ1n) is 11.8. The minimum atomic E-state index is 0.0994. The maximum absolute atomic E-state index is 6.41. The number of benzene rings is 2. The van der Waals surface area contributed by atoms with Crippen LogP contribution in [-0.2, 0) is 4.74 Å². The zero-order chi connectivity index (χ0) is 23.3. The second-order valence-electron chi connectivity index (χ2n) is 9.72. The molecule has 2 unspecified atom stereocenters. The molecule has 0 bridgehead atoms. The largest absolute Gasteiger partial charge is 0.354 e. The fraction of sp³-hybridized carbons (Fsp3) is 0.571. The maximum atomic E-state index is 6.41. The summed E-state index contributed by atoms with van der Waals surface area (Å²) in [6.07, 6.45) is 0. The zero-order valence-electron chi connectivity index (χ0n) is 21.2. The van der Waals surface area contributed by atoms with E-state index < -0.39 is 0 Å². The number of thioether (sulfide) groups is 2. The van der Waals surface area contributed by atoms with E-state index in [2.05, 4.69) is 106 Å². The fourth-order valence-electron chi connectivity index (χ4n) is 3.65. The highest BCUT2D eigenvalue weighted by atomic mass is 32.2. The summed E-state index contributed by atoms with van der Waals surface area (Å²) < 4.78 is 6.41. The topological polar surface area (TPSA) is 9.23 Å². The highest BCUT2D eigenvalue weighted by Gasteiger charge is 2.18. The standard InChI is InChI=1S/C28H42OS2/c1-17(2)23-11-13-27(25(15-23)19(5)6)30-21(9)29-22(10)31-28-14-12-24(18(3)4)16-26(28)20(7)8/h11-22H,1-10H3. The van der Waals surface area contributed by atoms with Gasteiger partial charge in [-0.2, -0.15) is 0 Å². The van der Waals surface area contributed by atoms with Gasteiger partial charge in [-0.25, -0.2) is 0 Å². The second kappa shape index (κ2) is 11.8. The molecule has 2 aromatic carbocycles. The molecule has 0 saturated heterocycles. The molecule has 0 aliphatic heterocycles. The summed E-state index contributed by atoms with van der Waals surface area (Å²) in [5.41, 5.74) is 5.88. The van der Waals surface area contributed by atoms with Gasteiger partial charge < -0.3 is 4.74 Å².